The van der Waals surface area contributed by atoms with E-state index >= 15 is 0 Å². The summed E-state index contributed by atoms with van der Waals surface area (Å²) in [5.74, 6) is -0.650. The van der Waals surface area contributed by atoms with Crippen molar-refractivity contribution in [2.45, 2.75) is 25.7 Å². The van der Waals surface area contributed by atoms with Gasteiger partial charge in [0.2, 0.25) is 0 Å². The molecule has 1 N–H and O–H groups in total. The van der Waals surface area contributed by atoms with Gasteiger partial charge in [0, 0.05) is 17.7 Å². The van der Waals surface area contributed by atoms with Gasteiger partial charge in [-0.1, -0.05) is 0 Å². The third kappa shape index (κ3) is 2.27. The Labute approximate surface area is 115 Å². The number of carbonyl (C=O) groups is 1. The van der Waals surface area contributed by atoms with Crippen LogP contribution in [0.25, 0.3) is 11.4 Å². The lowest BCUT2D eigenvalue weighted by Gasteiger charge is -2.08. The second-order valence-electron chi connectivity index (χ2n) is 5.03. The van der Waals surface area contributed by atoms with E-state index in [0.717, 1.165) is 24.0 Å². The van der Waals surface area contributed by atoms with Crippen LogP contribution in [0, 0.1) is 12.7 Å². The lowest BCUT2D eigenvalue weighted by Crippen LogP contribution is -2.07. The summed E-state index contributed by atoms with van der Waals surface area (Å²) in [4.78, 5) is 19.7. The third-order valence-electron chi connectivity index (χ3n) is 3.44. The minimum Gasteiger partial charge on any atom is -0.478 e. The predicted octanol–water partition coefficient (Wildman–Crippen LogP) is 3.17. The molecule has 0 aliphatic heterocycles. The molecule has 1 aliphatic rings. The molecule has 0 radical (unpaired) electrons. The average molecular weight is 272 g/mol. The number of nitrogens with zero attached hydrogens (tertiary/aromatic N) is 2. The summed E-state index contributed by atoms with van der Waals surface area (Å²) >= 11 is 0. The Balaban J connectivity index is 2.10. The number of rotatable bonds is 3. The Kier molecular flexibility index (Phi) is 2.97. The molecule has 0 unspecified atom stereocenters. The van der Waals surface area contributed by atoms with Gasteiger partial charge in [0.1, 0.15) is 5.82 Å². The second-order valence-corrected chi connectivity index (χ2v) is 5.03. The zero-order valence-corrected chi connectivity index (χ0v) is 10.9. The molecule has 1 saturated carbocycles. The molecule has 0 spiro atoms. The monoisotopic (exact) mass is 272 g/mol. The van der Waals surface area contributed by atoms with Crippen LogP contribution < -0.4 is 0 Å². The topological polar surface area (TPSA) is 63.1 Å². The van der Waals surface area contributed by atoms with Crippen LogP contribution in [0.3, 0.4) is 0 Å². The first-order valence-electron chi connectivity index (χ1n) is 6.43. The average Bonchev–Trinajstić information content (AvgIpc) is 3.22. The maximum absolute atomic E-state index is 13.1. The summed E-state index contributed by atoms with van der Waals surface area (Å²) in [7, 11) is 0. The zero-order chi connectivity index (χ0) is 14.3. The van der Waals surface area contributed by atoms with Crippen molar-refractivity contribution < 1.29 is 14.3 Å². The zero-order valence-electron chi connectivity index (χ0n) is 10.9. The quantitative estimate of drug-likeness (QED) is 0.932. The van der Waals surface area contributed by atoms with Gasteiger partial charge in [0.05, 0.1) is 11.3 Å². The van der Waals surface area contributed by atoms with Crippen molar-refractivity contribution in [3.63, 3.8) is 0 Å². The largest absolute Gasteiger partial charge is 0.478 e. The van der Waals surface area contributed by atoms with Gasteiger partial charge >= 0.3 is 5.97 Å². The van der Waals surface area contributed by atoms with Crippen molar-refractivity contribution in [3.8, 4) is 11.4 Å². The fraction of sp³-hybridized carbons (Fsp3) is 0.267. The van der Waals surface area contributed by atoms with Crippen LogP contribution in [-0.4, -0.2) is 21.0 Å². The maximum atomic E-state index is 13.1. The second kappa shape index (κ2) is 4.67. The Hall–Kier alpha value is -2.30. The summed E-state index contributed by atoms with van der Waals surface area (Å²) in [6.45, 7) is 1.78. The molecular weight excluding hydrogens is 259 g/mol. The smallest absolute Gasteiger partial charge is 0.339 e. The highest BCUT2D eigenvalue weighted by Crippen LogP contribution is 2.41. The number of hydrogen-bond acceptors (Lipinski definition) is 3. The number of carboxylic acid groups (broad SMARTS) is 1. The number of benzene rings is 1. The number of aromatic nitrogens is 2. The molecule has 1 aliphatic carbocycles. The molecule has 20 heavy (non-hydrogen) atoms. The molecule has 0 atom stereocenters. The SMILES string of the molecule is Cc1cc(F)ccc1-c1ncc(C(=O)O)c(C2CC2)n1. The molecule has 5 heteroatoms. The molecule has 1 aromatic heterocycles. The van der Waals surface area contributed by atoms with Gasteiger partial charge in [0.15, 0.2) is 5.82 Å². The lowest BCUT2D eigenvalue weighted by molar-refractivity contribution is 0.0694. The first-order valence-corrected chi connectivity index (χ1v) is 6.43. The van der Waals surface area contributed by atoms with E-state index in [1.54, 1.807) is 13.0 Å². The van der Waals surface area contributed by atoms with Crippen molar-refractivity contribution in [3.05, 3.63) is 47.0 Å². The van der Waals surface area contributed by atoms with Gasteiger partial charge in [-0.15, -0.1) is 0 Å². The molecule has 3 rings (SSSR count). The van der Waals surface area contributed by atoms with Crippen molar-refractivity contribution >= 4 is 5.97 Å². The molecule has 0 bridgehead atoms. The fourth-order valence-corrected chi connectivity index (χ4v) is 2.24. The fourth-order valence-electron chi connectivity index (χ4n) is 2.24. The standard InChI is InChI=1S/C15H13FN2O2/c1-8-6-10(16)4-5-11(8)14-17-7-12(15(19)20)13(18-14)9-2-3-9/h4-7,9H,2-3H2,1H3,(H,19,20). The Morgan fingerprint density at radius 2 is 2.15 bits per heavy atom. The lowest BCUT2D eigenvalue weighted by atomic mass is 10.1. The van der Waals surface area contributed by atoms with Crippen LogP contribution in [0.4, 0.5) is 4.39 Å². The molecule has 1 aromatic carbocycles. The number of aromatic carboxylic acids is 1. The van der Waals surface area contributed by atoms with Crippen LogP contribution in [0.5, 0.6) is 0 Å². The Morgan fingerprint density at radius 1 is 1.40 bits per heavy atom. The van der Waals surface area contributed by atoms with Crippen molar-refractivity contribution in [2.24, 2.45) is 0 Å². The van der Waals surface area contributed by atoms with Gasteiger partial charge in [-0.25, -0.2) is 19.2 Å². The molecule has 102 valence electrons. The van der Waals surface area contributed by atoms with E-state index in [9.17, 15) is 9.18 Å². The van der Waals surface area contributed by atoms with Crippen molar-refractivity contribution in [1.82, 2.24) is 9.97 Å². The van der Waals surface area contributed by atoms with Gasteiger partial charge in [-0.2, -0.15) is 0 Å². The van der Waals surface area contributed by atoms with Crippen LogP contribution in [0.1, 0.15) is 40.4 Å². The molecule has 2 aromatic rings. The third-order valence-corrected chi connectivity index (χ3v) is 3.44. The molecule has 0 saturated heterocycles. The molecule has 1 heterocycles. The minimum atomic E-state index is -1.01. The number of carboxylic acids is 1. The van der Waals surface area contributed by atoms with Crippen LogP contribution in [-0.2, 0) is 0 Å². The molecule has 4 nitrogen and oxygen atoms in total. The first kappa shape index (κ1) is 12.7. The van der Waals surface area contributed by atoms with E-state index in [0.29, 0.717) is 11.5 Å². The van der Waals surface area contributed by atoms with Crippen LogP contribution >= 0.6 is 0 Å². The van der Waals surface area contributed by atoms with E-state index in [1.807, 2.05) is 0 Å². The molecule has 0 amide bonds. The number of hydrogen-bond donors (Lipinski definition) is 1. The Bertz CT molecular complexity index is 696. The van der Waals surface area contributed by atoms with Crippen LogP contribution in [0.15, 0.2) is 24.4 Å². The van der Waals surface area contributed by atoms with Gasteiger partial charge in [-0.3, -0.25) is 0 Å². The number of aryl methyl sites for hydroxylation is 1. The maximum Gasteiger partial charge on any atom is 0.339 e. The highest BCUT2D eigenvalue weighted by molar-refractivity contribution is 5.89. The summed E-state index contributed by atoms with van der Waals surface area (Å²) in [6.07, 6.45) is 3.26. The summed E-state index contributed by atoms with van der Waals surface area (Å²) in [5, 5.41) is 9.17. The van der Waals surface area contributed by atoms with E-state index in [-0.39, 0.29) is 17.3 Å². The van der Waals surface area contributed by atoms with Gasteiger partial charge in [0.25, 0.3) is 0 Å². The van der Waals surface area contributed by atoms with Gasteiger partial charge in [-0.05, 0) is 43.5 Å². The van der Waals surface area contributed by atoms with E-state index in [1.165, 1.54) is 18.3 Å². The van der Waals surface area contributed by atoms with Gasteiger partial charge < -0.3 is 5.11 Å². The summed E-state index contributed by atoms with van der Waals surface area (Å²) < 4.78 is 13.1. The molecule has 1 fully saturated rings. The predicted molar refractivity (Wildman–Crippen MR) is 71.1 cm³/mol. The summed E-state index contributed by atoms with van der Waals surface area (Å²) in [5.41, 5.74) is 2.21. The number of halogens is 1. The minimum absolute atomic E-state index is 0.163. The highest BCUT2D eigenvalue weighted by atomic mass is 19.1. The van der Waals surface area contributed by atoms with E-state index in [4.69, 9.17) is 5.11 Å². The molecular formula is C15H13FN2O2. The van der Waals surface area contributed by atoms with Crippen molar-refractivity contribution in [1.29, 1.82) is 0 Å². The van der Waals surface area contributed by atoms with E-state index in [2.05, 4.69) is 9.97 Å². The normalized spacial score (nSPS) is 14.3. The highest BCUT2D eigenvalue weighted by Gasteiger charge is 2.30. The van der Waals surface area contributed by atoms with Crippen molar-refractivity contribution in [2.75, 3.05) is 0 Å². The Morgan fingerprint density at radius 3 is 2.75 bits per heavy atom. The van der Waals surface area contributed by atoms with E-state index < -0.39 is 5.97 Å². The summed E-state index contributed by atoms with van der Waals surface area (Å²) in [6, 6.07) is 4.39. The van der Waals surface area contributed by atoms with Crippen LogP contribution in [0.2, 0.25) is 0 Å². The first-order chi connectivity index (χ1) is 9.56.